The summed E-state index contributed by atoms with van der Waals surface area (Å²) in [6.45, 7) is 3.82. The number of benzene rings is 2. The first-order valence-electron chi connectivity index (χ1n) is 5.66. The Morgan fingerprint density at radius 1 is 0.947 bits per heavy atom. The third kappa shape index (κ3) is 3.36. The molecule has 0 aliphatic carbocycles. The molecule has 0 aromatic heterocycles. The minimum atomic E-state index is -3.82. The van der Waals surface area contributed by atoms with Crippen LogP contribution >= 0.6 is 15.9 Å². The summed E-state index contributed by atoms with van der Waals surface area (Å²) in [6.07, 6.45) is 0. The highest BCUT2D eigenvalue weighted by Crippen LogP contribution is 2.26. The summed E-state index contributed by atoms with van der Waals surface area (Å²) in [6, 6.07) is 11.9. The van der Waals surface area contributed by atoms with Crippen LogP contribution in [-0.4, -0.2) is 8.42 Å². The summed E-state index contributed by atoms with van der Waals surface area (Å²) in [5.41, 5.74) is 2.02. The van der Waals surface area contributed by atoms with E-state index in [1.54, 1.807) is 36.4 Å². The number of hydrogen-bond acceptors (Lipinski definition) is 3. The van der Waals surface area contributed by atoms with E-state index in [9.17, 15) is 8.42 Å². The van der Waals surface area contributed by atoms with E-state index in [1.807, 2.05) is 13.8 Å². The van der Waals surface area contributed by atoms with E-state index in [2.05, 4.69) is 15.9 Å². The Balaban J connectivity index is 2.35. The van der Waals surface area contributed by atoms with Crippen molar-refractivity contribution in [2.45, 2.75) is 18.7 Å². The second kappa shape index (κ2) is 5.35. The summed E-state index contributed by atoms with van der Waals surface area (Å²) in [7, 11) is -3.82. The molecule has 0 saturated carbocycles. The molecule has 19 heavy (non-hydrogen) atoms. The summed E-state index contributed by atoms with van der Waals surface area (Å²) in [5, 5.41) is 0. The topological polar surface area (TPSA) is 43.4 Å². The fourth-order valence-electron chi connectivity index (χ4n) is 1.57. The largest absolute Gasteiger partial charge is 0.379 e. The van der Waals surface area contributed by atoms with Crippen molar-refractivity contribution >= 4 is 26.0 Å². The van der Waals surface area contributed by atoms with Gasteiger partial charge in [0.25, 0.3) is 0 Å². The van der Waals surface area contributed by atoms with Crippen molar-refractivity contribution in [1.29, 1.82) is 0 Å². The van der Waals surface area contributed by atoms with Crippen LogP contribution < -0.4 is 4.18 Å². The second-order valence-corrected chi connectivity index (χ2v) is 6.65. The van der Waals surface area contributed by atoms with Gasteiger partial charge in [0.1, 0.15) is 10.6 Å². The minimum absolute atomic E-state index is 0.124. The average Bonchev–Trinajstić information content (AvgIpc) is 2.31. The van der Waals surface area contributed by atoms with Gasteiger partial charge in [-0.25, -0.2) is 0 Å². The Hall–Kier alpha value is -1.33. The quantitative estimate of drug-likeness (QED) is 0.797. The molecule has 0 unspecified atom stereocenters. The fraction of sp³-hybridized carbons (Fsp3) is 0.143. The Labute approximate surface area is 121 Å². The summed E-state index contributed by atoms with van der Waals surface area (Å²) in [4.78, 5) is 0.124. The number of hydrogen-bond donors (Lipinski definition) is 0. The van der Waals surface area contributed by atoms with Gasteiger partial charge in [0, 0.05) is 4.47 Å². The van der Waals surface area contributed by atoms with Crippen LogP contribution in [0.3, 0.4) is 0 Å². The monoisotopic (exact) mass is 340 g/mol. The first kappa shape index (κ1) is 14.1. The maximum Gasteiger partial charge on any atom is 0.340 e. The van der Waals surface area contributed by atoms with Gasteiger partial charge in [0.05, 0.1) is 0 Å². The van der Waals surface area contributed by atoms with Gasteiger partial charge in [-0.2, -0.15) is 8.42 Å². The van der Waals surface area contributed by atoms with Crippen molar-refractivity contribution in [2.75, 3.05) is 0 Å². The highest BCUT2D eigenvalue weighted by atomic mass is 79.9. The van der Waals surface area contributed by atoms with Crippen LogP contribution in [-0.2, 0) is 10.1 Å². The zero-order chi connectivity index (χ0) is 14.0. The Kier molecular flexibility index (Phi) is 3.96. The highest BCUT2D eigenvalue weighted by Gasteiger charge is 2.19. The smallest absolute Gasteiger partial charge is 0.340 e. The molecule has 2 rings (SSSR count). The van der Waals surface area contributed by atoms with Gasteiger partial charge in [-0.05, 0) is 59.6 Å². The van der Waals surface area contributed by atoms with Crippen molar-refractivity contribution < 1.29 is 12.6 Å². The normalized spacial score (nSPS) is 11.3. The molecule has 3 nitrogen and oxygen atoms in total. The third-order valence-electron chi connectivity index (χ3n) is 2.58. The van der Waals surface area contributed by atoms with Crippen molar-refractivity contribution in [3.8, 4) is 5.75 Å². The number of rotatable bonds is 3. The van der Waals surface area contributed by atoms with E-state index in [0.29, 0.717) is 10.2 Å². The molecule has 2 aromatic carbocycles. The molecule has 2 aromatic rings. The van der Waals surface area contributed by atoms with Crippen LogP contribution in [0.5, 0.6) is 5.75 Å². The summed E-state index contributed by atoms with van der Waals surface area (Å²) < 4.78 is 29.9. The second-order valence-electron chi connectivity index (χ2n) is 4.28. The van der Waals surface area contributed by atoms with Gasteiger partial charge in [-0.3, -0.25) is 0 Å². The predicted octanol–water partition coefficient (Wildman–Crippen LogP) is 3.83. The van der Waals surface area contributed by atoms with E-state index in [4.69, 9.17) is 4.18 Å². The molecule has 0 atom stereocenters. The van der Waals surface area contributed by atoms with E-state index in [0.717, 1.165) is 11.1 Å². The highest BCUT2D eigenvalue weighted by molar-refractivity contribution is 9.10. The Morgan fingerprint density at radius 3 is 2.11 bits per heavy atom. The predicted molar refractivity (Wildman–Crippen MR) is 77.9 cm³/mol. The van der Waals surface area contributed by atoms with Crippen LogP contribution in [0.1, 0.15) is 11.1 Å². The van der Waals surface area contributed by atoms with Crippen LogP contribution in [0.2, 0.25) is 0 Å². The fourth-order valence-corrected chi connectivity index (χ4v) is 3.65. The lowest BCUT2D eigenvalue weighted by Gasteiger charge is -2.09. The molecular weight excluding hydrogens is 328 g/mol. The van der Waals surface area contributed by atoms with Gasteiger partial charge in [-0.1, -0.05) is 23.8 Å². The van der Waals surface area contributed by atoms with Gasteiger partial charge in [0.2, 0.25) is 0 Å². The number of aryl methyl sites for hydroxylation is 2. The average molecular weight is 341 g/mol. The molecule has 0 heterocycles. The molecule has 0 radical (unpaired) electrons. The Bertz CT molecular complexity index is 691. The van der Waals surface area contributed by atoms with Gasteiger partial charge >= 0.3 is 10.1 Å². The van der Waals surface area contributed by atoms with Crippen molar-refractivity contribution in [1.82, 2.24) is 0 Å². The standard InChI is InChI=1S/C14H13BrO3S/c1-10-3-6-12(7-4-10)18-19(16,17)14-8-5-11(2)9-13(14)15/h3-9H,1-2H3. The van der Waals surface area contributed by atoms with Crippen LogP contribution in [0, 0.1) is 13.8 Å². The maximum absolute atomic E-state index is 12.2. The van der Waals surface area contributed by atoms with Gasteiger partial charge in [-0.15, -0.1) is 0 Å². The lowest BCUT2D eigenvalue weighted by molar-refractivity contribution is 0.485. The molecule has 0 aliphatic heterocycles. The summed E-state index contributed by atoms with van der Waals surface area (Å²) in [5.74, 6) is 0.304. The molecule has 0 N–H and O–H groups in total. The lowest BCUT2D eigenvalue weighted by Crippen LogP contribution is -2.10. The number of halogens is 1. The SMILES string of the molecule is Cc1ccc(OS(=O)(=O)c2ccc(C)cc2Br)cc1. The first-order valence-corrected chi connectivity index (χ1v) is 7.86. The lowest BCUT2D eigenvalue weighted by atomic mass is 10.2. The molecule has 0 fully saturated rings. The zero-order valence-corrected chi connectivity index (χ0v) is 13.0. The third-order valence-corrected chi connectivity index (χ3v) is 4.81. The van der Waals surface area contributed by atoms with E-state index in [1.165, 1.54) is 6.07 Å². The van der Waals surface area contributed by atoms with Crippen LogP contribution in [0.15, 0.2) is 51.8 Å². The Morgan fingerprint density at radius 2 is 1.53 bits per heavy atom. The van der Waals surface area contributed by atoms with Crippen LogP contribution in [0.4, 0.5) is 0 Å². The van der Waals surface area contributed by atoms with Crippen LogP contribution in [0.25, 0.3) is 0 Å². The maximum atomic E-state index is 12.2. The minimum Gasteiger partial charge on any atom is -0.379 e. The van der Waals surface area contributed by atoms with E-state index >= 15 is 0 Å². The molecule has 0 aliphatic rings. The zero-order valence-electron chi connectivity index (χ0n) is 10.6. The van der Waals surface area contributed by atoms with E-state index in [-0.39, 0.29) is 4.90 Å². The molecule has 5 heteroatoms. The molecule has 0 spiro atoms. The van der Waals surface area contributed by atoms with Crippen molar-refractivity contribution in [2.24, 2.45) is 0 Å². The molecule has 0 bridgehead atoms. The van der Waals surface area contributed by atoms with Gasteiger partial charge in [0.15, 0.2) is 0 Å². The van der Waals surface area contributed by atoms with Crippen molar-refractivity contribution in [3.63, 3.8) is 0 Å². The van der Waals surface area contributed by atoms with Gasteiger partial charge < -0.3 is 4.18 Å². The summed E-state index contributed by atoms with van der Waals surface area (Å²) >= 11 is 3.25. The molecular formula is C14H13BrO3S. The molecule has 0 saturated heterocycles. The first-order chi connectivity index (χ1) is 8.88. The van der Waals surface area contributed by atoms with E-state index < -0.39 is 10.1 Å². The molecule has 0 amide bonds. The molecule has 100 valence electrons. The van der Waals surface area contributed by atoms with Crippen molar-refractivity contribution in [3.05, 3.63) is 58.1 Å².